The molecule has 4 rings (SSSR count). The van der Waals surface area contributed by atoms with E-state index in [0.29, 0.717) is 18.8 Å². The van der Waals surface area contributed by atoms with Crippen molar-refractivity contribution in [2.24, 2.45) is 0 Å². The van der Waals surface area contributed by atoms with Crippen LogP contribution < -0.4 is 10.6 Å². The van der Waals surface area contributed by atoms with Gasteiger partial charge in [-0.15, -0.1) is 0 Å². The molecule has 0 aromatic carbocycles. The highest BCUT2D eigenvalue weighted by Gasteiger charge is 2.32. The van der Waals surface area contributed by atoms with Gasteiger partial charge in [-0.1, -0.05) is 12.0 Å². The summed E-state index contributed by atoms with van der Waals surface area (Å²) < 4.78 is 57.9. The number of carbonyl (C=O) groups is 1. The van der Waals surface area contributed by atoms with E-state index in [4.69, 9.17) is 0 Å². The zero-order chi connectivity index (χ0) is 26.7. The number of amides is 1. The topological polar surface area (TPSA) is 79.5 Å². The third-order valence-corrected chi connectivity index (χ3v) is 6.19. The van der Waals surface area contributed by atoms with Crippen molar-refractivity contribution in [2.45, 2.75) is 51.1 Å². The van der Waals surface area contributed by atoms with E-state index in [0.717, 1.165) is 0 Å². The van der Waals surface area contributed by atoms with Gasteiger partial charge in [0, 0.05) is 30.9 Å². The third kappa shape index (κ3) is 6.40. The number of aromatic nitrogens is 4. The van der Waals surface area contributed by atoms with Crippen molar-refractivity contribution in [1.82, 2.24) is 29.4 Å². The lowest BCUT2D eigenvalue weighted by atomic mass is 10.0. The Hall–Kier alpha value is -3.59. The molecule has 0 saturated carbocycles. The number of likely N-dealkylation sites (tertiary alicyclic amines) is 1. The Bertz CT molecular complexity index is 1320. The molecule has 2 atom stereocenters. The van der Waals surface area contributed by atoms with Crippen molar-refractivity contribution in [3.63, 3.8) is 0 Å². The second-order valence-corrected chi connectivity index (χ2v) is 9.43. The number of piperidine rings is 1. The van der Waals surface area contributed by atoms with Crippen molar-refractivity contribution >= 4 is 17.2 Å². The summed E-state index contributed by atoms with van der Waals surface area (Å²) in [6.45, 7) is 4.77. The summed E-state index contributed by atoms with van der Waals surface area (Å²) in [4.78, 5) is 18.2. The fraction of sp³-hybridized carbons (Fsp3) is 0.480. The number of hydrogen-bond acceptors (Lipinski definition) is 5. The van der Waals surface area contributed by atoms with Crippen LogP contribution in [0, 0.1) is 11.8 Å². The minimum absolute atomic E-state index is 0.0508. The molecule has 4 heterocycles. The fourth-order valence-corrected chi connectivity index (χ4v) is 4.19. The Morgan fingerprint density at radius 2 is 2.08 bits per heavy atom. The van der Waals surface area contributed by atoms with Crippen LogP contribution in [0.15, 0.2) is 30.7 Å². The van der Waals surface area contributed by atoms with E-state index in [1.165, 1.54) is 10.6 Å². The number of nitrogens with one attached hydrogen (secondary N) is 2. The number of imidazole rings is 1. The number of fused-ring (bicyclic) bond motifs is 1. The number of carbonyl (C=O) groups excluding carboxylic acids is 1. The van der Waals surface area contributed by atoms with Crippen LogP contribution in [-0.2, 0) is 6.42 Å². The van der Waals surface area contributed by atoms with Gasteiger partial charge in [-0.05, 0) is 45.4 Å². The van der Waals surface area contributed by atoms with E-state index in [1.807, 2.05) is 25.8 Å². The first-order chi connectivity index (χ1) is 17.5. The molecule has 1 aliphatic rings. The molecule has 1 aliphatic heterocycles. The van der Waals surface area contributed by atoms with E-state index in [-0.39, 0.29) is 41.6 Å². The largest absolute Gasteiger partial charge is 0.393 e. The molecule has 1 amide bonds. The maximum atomic E-state index is 14.6. The maximum absolute atomic E-state index is 14.6. The van der Waals surface area contributed by atoms with Crippen molar-refractivity contribution in [3.05, 3.63) is 47.7 Å². The van der Waals surface area contributed by atoms with Gasteiger partial charge in [0.2, 0.25) is 0 Å². The molecule has 1 fully saturated rings. The second kappa shape index (κ2) is 10.8. The van der Waals surface area contributed by atoms with Gasteiger partial charge in [0.1, 0.15) is 23.4 Å². The summed E-state index contributed by atoms with van der Waals surface area (Å²) >= 11 is 0. The lowest BCUT2D eigenvalue weighted by Gasteiger charge is -2.33. The average molecular weight is 520 g/mol. The molecule has 12 heteroatoms. The zero-order valence-electron chi connectivity index (χ0n) is 20.8. The average Bonchev–Trinajstić information content (AvgIpc) is 3.44. The van der Waals surface area contributed by atoms with Crippen molar-refractivity contribution in [2.75, 3.05) is 32.0 Å². The number of anilines is 1. The Balaban J connectivity index is 1.56. The number of nitrogens with zero attached hydrogens (tertiary/aromatic N) is 5. The summed E-state index contributed by atoms with van der Waals surface area (Å²) in [5.41, 5.74) is 0.325. The number of hydrogen-bond donors (Lipinski definition) is 2. The van der Waals surface area contributed by atoms with Crippen LogP contribution in [0.5, 0.6) is 0 Å². The molecule has 0 aliphatic carbocycles. The molecular weight excluding hydrogens is 490 g/mol. The Morgan fingerprint density at radius 3 is 2.76 bits per heavy atom. The summed E-state index contributed by atoms with van der Waals surface area (Å²) in [5.74, 6) is 5.31. The van der Waals surface area contributed by atoms with E-state index >= 15 is 0 Å². The van der Waals surface area contributed by atoms with Gasteiger partial charge in [-0.3, -0.25) is 4.79 Å². The highest BCUT2D eigenvalue weighted by atomic mass is 19.4. The van der Waals surface area contributed by atoms with Crippen LogP contribution in [0.2, 0.25) is 0 Å². The Labute approximate surface area is 212 Å². The highest BCUT2D eigenvalue weighted by molar-refractivity contribution is 5.92. The number of rotatable bonds is 6. The molecule has 1 saturated heterocycles. The first-order valence-corrected chi connectivity index (χ1v) is 12.0. The molecule has 0 spiro atoms. The third-order valence-electron chi connectivity index (χ3n) is 6.19. The lowest BCUT2D eigenvalue weighted by Crippen LogP contribution is -2.46. The van der Waals surface area contributed by atoms with Gasteiger partial charge in [0.05, 0.1) is 30.9 Å². The maximum Gasteiger partial charge on any atom is 0.393 e. The lowest BCUT2D eigenvalue weighted by molar-refractivity contribution is -0.127. The van der Waals surface area contributed by atoms with Crippen LogP contribution in [0.3, 0.4) is 0 Å². The fourth-order valence-electron chi connectivity index (χ4n) is 4.19. The van der Waals surface area contributed by atoms with Crippen LogP contribution in [0.25, 0.3) is 5.52 Å². The monoisotopic (exact) mass is 519 g/mol. The van der Waals surface area contributed by atoms with Gasteiger partial charge >= 0.3 is 6.18 Å². The SMILES string of the molecule is CC(C)n1cnc(C(=O)NCC#Cc2nn3c(N[C@@H]4CCN(C)C[C@@H]4F)cccc3c2CC(F)(F)F)c1. The van der Waals surface area contributed by atoms with Gasteiger partial charge in [0.25, 0.3) is 5.91 Å². The van der Waals surface area contributed by atoms with Crippen molar-refractivity contribution in [1.29, 1.82) is 0 Å². The van der Waals surface area contributed by atoms with E-state index in [9.17, 15) is 22.4 Å². The first kappa shape index (κ1) is 26.5. The molecular formula is C25H29F4N7O. The summed E-state index contributed by atoms with van der Waals surface area (Å²) in [6.07, 6.45) is -3.12. The number of pyridine rings is 1. The van der Waals surface area contributed by atoms with Crippen LogP contribution >= 0.6 is 0 Å². The normalized spacial score (nSPS) is 18.6. The Morgan fingerprint density at radius 1 is 1.30 bits per heavy atom. The minimum Gasteiger partial charge on any atom is -0.364 e. The van der Waals surface area contributed by atoms with E-state index in [2.05, 4.69) is 32.6 Å². The molecule has 3 aromatic heterocycles. The molecule has 0 bridgehead atoms. The highest BCUT2D eigenvalue weighted by Crippen LogP contribution is 2.28. The molecule has 8 nitrogen and oxygen atoms in total. The van der Waals surface area contributed by atoms with Crippen LogP contribution in [0.1, 0.15) is 48.1 Å². The van der Waals surface area contributed by atoms with Gasteiger partial charge in [-0.2, -0.15) is 18.3 Å². The molecule has 37 heavy (non-hydrogen) atoms. The van der Waals surface area contributed by atoms with E-state index < -0.39 is 30.7 Å². The van der Waals surface area contributed by atoms with Gasteiger partial charge in [-0.25, -0.2) is 13.9 Å². The van der Waals surface area contributed by atoms with Crippen molar-refractivity contribution < 1.29 is 22.4 Å². The summed E-state index contributed by atoms with van der Waals surface area (Å²) in [5, 5.41) is 10.0. The zero-order valence-corrected chi connectivity index (χ0v) is 20.8. The first-order valence-electron chi connectivity index (χ1n) is 12.0. The number of alkyl halides is 4. The quantitative estimate of drug-likeness (QED) is 0.385. The van der Waals surface area contributed by atoms with Gasteiger partial charge in [0.15, 0.2) is 0 Å². The van der Waals surface area contributed by atoms with Crippen molar-refractivity contribution in [3.8, 4) is 11.8 Å². The van der Waals surface area contributed by atoms with Crippen LogP contribution in [0.4, 0.5) is 23.4 Å². The summed E-state index contributed by atoms with van der Waals surface area (Å²) in [7, 11) is 1.84. The minimum atomic E-state index is -4.48. The molecule has 0 unspecified atom stereocenters. The molecule has 0 radical (unpaired) electrons. The van der Waals surface area contributed by atoms with E-state index in [1.54, 1.807) is 29.2 Å². The standard InChI is InChI=1S/C25H29F4N7O/c1-16(2)35-14-21(31-15-35)24(37)30-10-5-6-19-17(12-25(27,28)29)22-7-4-8-23(36(22)33-19)32-20-9-11-34(3)13-18(20)26/h4,7-8,14-16,18,20,32H,9-13H2,1-3H3,(H,30,37)/t18-,20+/m0/s1. The Kier molecular flexibility index (Phi) is 7.73. The van der Waals surface area contributed by atoms with Crippen LogP contribution in [-0.4, -0.2) is 75.0 Å². The predicted octanol–water partition coefficient (Wildman–Crippen LogP) is 3.45. The van der Waals surface area contributed by atoms with Gasteiger partial charge < -0.3 is 20.1 Å². The summed E-state index contributed by atoms with van der Waals surface area (Å²) in [6, 6.07) is 4.44. The molecule has 198 valence electrons. The molecule has 3 aromatic rings. The number of halogens is 4. The second-order valence-electron chi connectivity index (χ2n) is 9.43. The smallest absolute Gasteiger partial charge is 0.364 e. The predicted molar refractivity (Wildman–Crippen MR) is 131 cm³/mol. The molecule has 2 N–H and O–H groups in total.